The molecule has 1 aliphatic rings. The van der Waals surface area contributed by atoms with Crippen LogP contribution in [0.1, 0.15) is 33.9 Å². The fourth-order valence-electron chi connectivity index (χ4n) is 2.94. The first kappa shape index (κ1) is 18.4. The smallest absolute Gasteiger partial charge is 0.258 e. The molecule has 2 aromatic carbocycles. The Kier molecular flexibility index (Phi) is 5.40. The quantitative estimate of drug-likeness (QED) is 0.868. The Labute approximate surface area is 157 Å². The summed E-state index contributed by atoms with van der Waals surface area (Å²) in [6.07, 6.45) is 0.146. The molecular formula is C20H21N3O4. The first-order chi connectivity index (χ1) is 13.0. The number of nitrogens with one attached hydrogen (secondary N) is 2. The maximum Gasteiger partial charge on any atom is 0.258 e. The van der Waals surface area contributed by atoms with Gasteiger partial charge in [-0.05, 0) is 36.8 Å². The van der Waals surface area contributed by atoms with Crippen LogP contribution >= 0.6 is 0 Å². The average Bonchev–Trinajstić information content (AvgIpc) is 2.67. The van der Waals surface area contributed by atoms with E-state index in [2.05, 4.69) is 15.6 Å². The molecule has 0 saturated carbocycles. The highest BCUT2D eigenvalue weighted by molar-refractivity contribution is 6.11. The van der Waals surface area contributed by atoms with E-state index in [0.717, 1.165) is 5.56 Å². The van der Waals surface area contributed by atoms with Gasteiger partial charge in [0.1, 0.15) is 11.5 Å². The van der Waals surface area contributed by atoms with Gasteiger partial charge in [0.2, 0.25) is 11.9 Å². The molecule has 2 amide bonds. The first-order valence-electron chi connectivity index (χ1n) is 8.48. The molecule has 1 atom stereocenters. The van der Waals surface area contributed by atoms with Crippen molar-refractivity contribution in [3.05, 3.63) is 59.2 Å². The lowest BCUT2D eigenvalue weighted by atomic mass is 10.0. The van der Waals surface area contributed by atoms with Crippen LogP contribution in [0.25, 0.3) is 0 Å². The Balaban J connectivity index is 1.89. The monoisotopic (exact) mass is 367 g/mol. The molecule has 0 saturated heterocycles. The van der Waals surface area contributed by atoms with Crippen LogP contribution in [0, 0.1) is 6.92 Å². The zero-order valence-corrected chi connectivity index (χ0v) is 15.4. The Hall–Kier alpha value is -3.35. The van der Waals surface area contributed by atoms with Crippen molar-refractivity contribution in [1.82, 2.24) is 10.6 Å². The van der Waals surface area contributed by atoms with Crippen LogP contribution in [0.15, 0.2) is 47.5 Å². The molecule has 1 heterocycles. The molecule has 2 N–H and O–H groups in total. The number of aryl methyl sites for hydroxylation is 1. The van der Waals surface area contributed by atoms with Crippen molar-refractivity contribution in [2.45, 2.75) is 19.4 Å². The van der Waals surface area contributed by atoms with Gasteiger partial charge in [-0.15, -0.1) is 0 Å². The Morgan fingerprint density at radius 2 is 1.96 bits per heavy atom. The zero-order valence-electron chi connectivity index (χ0n) is 15.4. The van der Waals surface area contributed by atoms with Crippen molar-refractivity contribution in [3.8, 4) is 11.5 Å². The second kappa shape index (κ2) is 7.90. The molecule has 0 aliphatic carbocycles. The number of hydrogen-bond acceptors (Lipinski definition) is 5. The number of ether oxygens (including phenoxy) is 2. The van der Waals surface area contributed by atoms with Crippen LogP contribution in [0.2, 0.25) is 0 Å². The number of benzene rings is 2. The lowest BCUT2D eigenvalue weighted by Crippen LogP contribution is -2.47. The van der Waals surface area contributed by atoms with Crippen LogP contribution in [0.3, 0.4) is 0 Å². The third kappa shape index (κ3) is 4.08. The van der Waals surface area contributed by atoms with Gasteiger partial charge < -0.3 is 9.47 Å². The highest BCUT2D eigenvalue weighted by atomic mass is 16.5. The number of aliphatic imine (C=N–C) groups is 1. The number of nitrogens with zero attached hydrogens (tertiary/aromatic N) is 1. The normalized spacial score (nSPS) is 16.2. The third-order valence-electron chi connectivity index (χ3n) is 4.34. The van der Waals surface area contributed by atoms with Crippen LogP contribution in [0.5, 0.6) is 11.5 Å². The molecule has 3 rings (SSSR count). The van der Waals surface area contributed by atoms with E-state index in [1.165, 1.54) is 0 Å². The van der Waals surface area contributed by atoms with Crippen molar-refractivity contribution in [2.75, 3.05) is 14.2 Å². The van der Waals surface area contributed by atoms with Gasteiger partial charge in [-0.25, -0.2) is 4.99 Å². The second-order valence-electron chi connectivity index (χ2n) is 6.12. The summed E-state index contributed by atoms with van der Waals surface area (Å²) in [6.45, 7) is 1.85. The average molecular weight is 367 g/mol. The summed E-state index contributed by atoms with van der Waals surface area (Å²) in [7, 11) is 3.12. The van der Waals surface area contributed by atoms with E-state index < -0.39 is 6.04 Å². The lowest BCUT2D eigenvalue weighted by Gasteiger charge is -2.23. The van der Waals surface area contributed by atoms with Gasteiger partial charge >= 0.3 is 0 Å². The number of guanidine groups is 1. The fraction of sp³-hybridized carbons (Fsp3) is 0.250. The van der Waals surface area contributed by atoms with Crippen LogP contribution in [-0.2, 0) is 4.79 Å². The van der Waals surface area contributed by atoms with Crippen molar-refractivity contribution < 1.29 is 19.1 Å². The maximum absolute atomic E-state index is 12.5. The van der Waals surface area contributed by atoms with Gasteiger partial charge in [0.15, 0.2) is 0 Å². The van der Waals surface area contributed by atoms with E-state index in [0.29, 0.717) is 22.6 Å². The van der Waals surface area contributed by atoms with E-state index in [4.69, 9.17) is 9.47 Å². The van der Waals surface area contributed by atoms with E-state index in [-0.39, 0.29) is 24.2 Å². The molecule has 0 aromatic heterocycles. The standard InChI is InChI=1S/C20H21N3O4/c1-12-6-4-5-7-14(12)19(25)23-20-21-16(11-18(24)22-20)15-10-13(26-2)8-9-17(15)27-3/h4-10,16H,11H2,1-3H3,(H2,21,22,23,24,25). The van der Waals surface area contributed by atoms with E-state index in [9.17, 15) is 9.59 Å². The summed E-state index contributed by atoms with van der Waals surface area (Å²) in [5, 5.41) is 5.29. The molecule has 140 valence electrons. The molecule has 0 bridgehead atoms. The van der Waals surface area contributed by atoms with Gasteiger partial charge in [0.25, 0.3) is 5.91 Å². The number of rotatable bonds is 4. The summed E-state index contributed by atoms with van der Waals surface area (Å²) >= 11 is 0. The summed E-state index contributed by atoms with van der Waals surface area (Å²) in [4.78, 5) is 29.2. The SMILES string of the molecule is COc1ccc(OC)c(C2CC(=O)NC(NC(=O)c3ccccc3C)=N2)c1. The predicted molar refractivity (Wildman–Crippen MR) is 101 cm³/mol. The third-order valence-corrected chi connectivity index (χ3v) is 4.34. The minimum absolute atomic E-state index is 0.120. The van der Waals surface area contributed by atoms with E-state index >= 15 is 0 Å². The van der Waals surface area contributed by atoms with Gasteiger partial charge in [-0.2, -0.15) is 0 Å². The molecular weight excluding hydrogens is 346 g/mol. The topological polar surface area (TPSA) is 89.0 Å². The van der Waals surface area contributed by atoms with E-state index in [1.807, 2.05) is 19.1 Å². The molecule has 2 aromatic rings. The molecule has 1 unspecified atom stereocenters. The molecule has 7 heteroatoms. The fourth-order valence-corrected chi connectivity index (χ4v) is 2.94. The highest BCUT2D eigenvalue weighted by Gasteiger charge is 2.26. The Bertz CT molecular complexity index is 908. The van der Waals surface area contributed by atoms with Crippen molar-refractivity contribution in [1.29, 1.82) is 0 Å². The lowest BCUT2D eigenvalue weighted by molar-refractivity contribution is -0.120. The zero-order chi connectivity index (χ0) is 19.4. The first-order valence-corrected chi connectivity index (χ1v) is 8.48. The van der Waals surface area contributed by atoms with E-state index in [1.54, 1.807) is 44.6 Å². The number of carbonyl (C=O) groups is 2. The second-order valence-corrected chi connectivity index (χ2v) is 6.12. The van der Waals surface area contributed by atoms with Crippen molar-refractivity contribution in [3.63, 3.8) is 0 Å². The van der Waals surface area contributed by atoms with Crippen molar-refractivity contribution >= 4 is 17.8 Å². The minimum Gasteiger partial charge on any atom is -0.497 e. The van der Waals surface area contributed by atoms with Crippen LogP contribution in [0.4, 0.5) is 0 Å². The Morgan fingerprint density at radius 1 is 1.19 bits per heavy atom. The van der Waals surface area contributed by atoms with Crippen molar-refractivity contribution in [2.24, 2.45) is 4.99 Å². The molecule has 1 aliphatic heterocycles. The van der Waals surface area contributed by atoms with Gasteiger partial charge in [0, 0.05) is 11.1 Å². The predicted octanol–water partition coefficient (Wildman–Crippen LogP) is 2.36. The largest absolute Gasteiger partial charge is 0.497 e. The molecule has 0 fully saturated rings. The summed E-state index contributed by atoms with van der Waals surface area (Å²) < 4.78 is 10.7. The summed E-state index contributed by atoms with van der Waals surface area (Å²) in [6, 6.07) is 12.0. The van der Waals surface area contributed by atoms with Gasteiger partial charge in [-0.1, -0.05) is 18.2 Å². The number of hydrogen-bond donors (Lipinski definition) is 2. The highest BCUT2D eigenvalue weighted by Crippen LogP contribution is 2.34. The molecule has 27 heavy (non-hydrogen) atoms. The maximum atomic E-state index is 12.5. The summed E-state index contributed by atoms with van der Waals surface area (Å²) in [5.74, 6) is 0.793. The van der Waals surface area contributed by atoms with Crippen LogP contribution in [-0.4, -0.2) is 32.0 Å². The summed E-state index contributed by atoms with van der Waals surface area (Å²) in [5.41, 5.74) is 2.08. The molecule has 7 nitrogen and oxygen atoms in total. The Morgan fingerprint density at radius 3 is 2.67 bits per heavy atom. The number of carbonyl (C=O) groups excluding carboxylic acids is 2. The minimum atomic E-state index is -0.490. The number of amides is 2. The van der Waals surface area contributed by atoms with Gasteiger partial charge in [-0.3, -0.25) is 20.2 Å². The van der Waals surface area contributed by atoms with Crippen LogP contribution < -0.4 is 20.1 Å². The number of methoxy groups -OCH3 is 2. The molecule has 0 radical (unpaired) electrons. The molecule has 0 spiro atoms. The van der Waals surface area contributed by atoms with Gasteiger partial charge in [0.05, 0.1) is 26.7 Å².